The van der Waals surface area contributed by atoms with E-state index in [1.54, 1.807) is 0 Å². The third-order valence-electron chi connectivity index (χ3n) is 2.45. The van der Waals surface area contributed by atoms with Gasteiger partial charge in [0.25, 0.3) is 0 Å². The third-order valence-corrected chi connectivity index (χ3v) is 2.45. The maximum absolute atomic E-state index is 5.77. The maximum Gasteiger partial charge on any atom is 0.125 e. The predicted molar refractivity (Wildman–Crippen MR) is 64.4 cm³/mol. The Bertz CT molecular complexity index is 297. The largest absolute Gasteiger partial charge is 0.493 e. The van der Waals surface area contributed by atoms with Crippen LogP contribution in [0.2, 0.25) is 0 Å². The summed E-state index contributed by atoms with van der Waals surface area (Å²) < 4.78 is 5.77. The van der Waals surface area contributed by atoms with Crippen molar-refractivity contribution in [3.05, 3.63) is 28.8 Å². The van der Waals surface area contributed by atoms with Crippen molar-refractivity contribution in [1.82, 2.24) is 0 Å². The number of aryl methyl sites for hydroxylation is 3. The minimum Gasteiger partial charge on any atom is -0.493 e. The van der Waals surface area contributed by atoms with Crippen LogP contribution in [0.25, 0.3) is 0 Å². The lowest BCUT2D eigenvalue weighted by molar-refractivity contribution is 0.304. The van der Waals surface area contributed by atoms with Crippen LogP contribution in [0.4, 0.5) is 0 Å². The van der Waals surface area contributed by atoms with Crippen molar-refractivity contribution in [2.45, 2.75) is 33.6 Å². The molecule has 15 heavy (non-hydrogen) atoms. The molecule has 2 heteroatoms. The van der Waals surface area contributed by atoms with Crippen LogP contribution in [0.3, 0.4) is 0 Å². The van der Waals surface area contributed by atoms with Crippen LogP contribution in [0.1, 0.15) is 29.5 Å². The standard InChI is InChI=1S/C13H21NO/c1-10-8-11(2)13(12(3)9-10)15-7-5-4-6-14/h8-9H,4-7,14H2,1-3H3. The molecular weight excluding hydrogens is 186 g/mol. The summed E-state index contributed by atoms with van der Waals surface area (Å²) in [5, 5.41) is 0. The first kappa shape index (κ1) is 12.1. The number of ether oxygens (including phenoxy) is 1. The van der Waals surface area contributed by atoms with Crippen LogP contribution in [0, 0.1) is 20.8 Å². The van der Waals surface area contributed by atoms with Gasteiger partial charge in [0.1, 0.15) is 5.75 Å². The van der Waals surface area contributed by atoms with E-state index < -0.39 is 0 Å². The minimum absolute atomic E-state index is 0.745. The molecule has 1 aromatic carbocycles. The maximum atomic E-state index is 5.77. The highest BCUT2D eigenvalue weighted by Gasteiger charge is 2.04. The van der Waals surface area contributed by atoms with Gasteiger partial charge < -0.3 is 10.5 Å². The average Bonchev–Trinajstić information content (AvgIpc) is 2.15. The van der Waals surface area contributed by atoms with Crippen LogP contribution < -0.4 is 10.5 Å². The van der Waals surface area contributed by atoms with Gasteiger partial charge in [-0.15, -0.1) is 0 Å². The Morgan fingerprint density at radius 2 is 1.67 bits per heavy atom. The molecule has 0 aliphatic heterocycles. The van der Waals surface area contributed by atoms with E-state index in [0.29, 0.717) is 0 Å². The Hall–Kier alpha value is -1.02. The summed E-state index contributed by atoms with van der Waals surface area (Å²) in [4.78, 5) is 0. The van der Waals surface area contributed by atoms with Gasteiger partial charge in [0.15, 0.2) is 0 Å². The lowest BCUT2D eigenvalue weighted by Crippen LogP contribution is -2.05. The Kier molecular flexibility index (Phi) is 4.63. The van der Waals surface area contributed by atoms with E-state index in [-0.39, 0.29) is 0 Å². The molecule has 1 aromatic rings. The van der Waals surface area contributed by atoms with Gasteiger partial charge in [0.2, 0.25) is 0 Å². The van der Waals surface area contributed by atoms with Crippen molar-refractivity contribution >= 4 is 0 Å². The monoisotopic (exact) mass is 207 g/mol. The lowest BCUT2D eigenvalue weighted by atomic mass is 10.1. The molecule has 0 saturated carbocycles. The molecule has 0 spiro atoms. The Labute approximate surface area is 92.4 Å². The highest BCUT2D eigenvalue weighted by Crippen LogP contribution is 2.24. The Morgan fingerprint density at radius 3 is 2.20 bits per heavy atom. The van der Waals surface area contributed by atoms with E-state index in [0.717, 1.165) is 31.7 Å². The highest BCUT2D eigenvalue weighted by molar-refractivity contribution is 5.42. The van der Waals surface area contributed by atoms with E-state index in [9.17, 15) is 0 Å². The fraction of sp³-hybridized carbons (Fsp3) is 0.538. The number of hydrogen-bond acceptors (Lipinski definition) is 2. The number of rotatable bonds is 5. The van der Waals surface area contributed by atoms with Crippen LogP contribution in [-0.2, 0) is 0 Å². The SMILES string of the molecule is Cc1cc(C)c(OCCCCN)c(C)c1. The summed E-state index contributed by atoms with van der Waals surface area (Å²) in [5.41, 5.74) is 9.17. The normalized spacial score (nSPS) is 10.4. The smallest absolute Gasteiger partial charge is 0.125 e. The molecule has 0 saturated heterocycles. The van der Waals surface area contributed by atoms with Gasteiger partial charge in [0.05, 0.1) is 6.61 Å². The zero-order chi connectivity index (χ0) is 11.3. The van der Waals surface area contributed by atoms with E-state index in [4.69, 9.17) is 10.5 Å². The second-order valence-corrected chi connectivity index (χ2v) is 4.07. The number of benzene rings is 1. The van der Waals surface area contributed by atoms with E-state index >= 15 is 0 Å². The zero-order valence-electron chi connectivity index (χ0n) is 9.97. The second kappa shape index (κ2) is 5.76. The number of nitrogens with two attached hydrogens (primary N) is 1. The number of unbranched alkanes of at least 4 members (excludes halogenated alkanes) is 1. The molecule has 2 nitrogen and oxygen atoms in total. The van der Waals surface area contributed by atoms with Crippen molar-refractivity contribution < 1.29 is 4.74 Å². The summed E-state index contributed by atoms with van der Waals surface area (Å²) >= 11 is 0. The third kappa shape index (κ3) is 3.56. The second-order valence-electron chi connectivity index (χ2n) is 4.07. The first-order valence-corrected chi connectivity index (χ1v) is 5.56. The lowest BCUT2D eigenvalue weighted by Gasteiger charge is -2.12. The van der Waals surface area contributed by atoms with E-state index in [2.05, 4.69) is 32.9 Å². The van der Waals surface area contributed by atoms with Crippen molar-refractivity contribution in [3.8, 4) is 5.75 Å². The zero-order valence-corrected chi connectivity index (χ0v) is 9.97. The molecule has 0 bridgehead atoms. The summed E-state index contributed by atoms with van der Waals surface area (Å²) in [7, 11) is 0. The fourth-order valence-corrected chi connectivity index (χ4v) is 1.82. The van der Waals surface area contributed by atoms with Gasteiger partial charge in [-0.1, -0.05) is 17.7 Å². The van der Waals surface area contributed by atoms with Crippen LogP contribution in [-0.4, -0.2) is 13.2 Å². The summed E-state index contributed by atoms with van der Waals surface area (Å²) in [5.74, 6) is 1.04. The van der Waals surface area contributed by atoms with Crippen LogP contribution >= 0.6 is 0 Å². The molecule has 0 amide bonds. The molecule has 0 radical (unpaired) electrons. The molecule has 0 aromatic heterocycles. The van der Waals surface area contributed by atoms with Crippen molar-refractivity contribution in [2.75, 3.05) is 13.2 Å². The quantitative estimate of drug-likeness (QED) is 0.753. The van der Waals surface area contributed by atoms with Crippen LogP contribution in [0.5, 0.6) is 5.75 Å². The Balaban J connectivity index is 2.60. The molecule has 0 unspecified atom stereocenters. The fourth-order valence-electron chi connectivity index (χ4n) is 1.82. The topological polar surface area (TPSA) is 35.2 Å². The molecule has 0 aliphatic carbocycles. The van der Waals surface area contributed by atoms with Gasteiger partial charge in [-0.05, 0) is 51.3 Å². The van der Waals surface area contributed by atoms with E-state index in [1.807, 2.05) is 0 Å². The first-order chi connectivity index (χ1) is 7.15. The summed E-state index contributed by atoms with van der Waals surface area (Å²) in [6.07, 6.45) is 2.06. The van der Waals surface area contributed by atoms with E-state index in [1.165, 1.54) is 16.7 Å². The molecule has 84 valence electrons. The predicted octanol–water partition coefficient (Wildman–Crippen LogP) is 2.73. The molecule has 2 N–H and O–H groups in total. The average molecular weight is 207 g/mol. The first-order valence-electron chi connectivity index (χ1n) is 5.56. The Morgan fingerprint density at radius 1 is 1.07 bits per heavy atom. The molecule has 0 aliphatic rings. The van der Waals surface area contributed by atoms with Crippen molar-refractivity contribution in [1.29, 1.82) is 0 Å². The van der Waals surface area contributed by atoms with Gasteiger partial charge >= 0.3 is 0 Å². The van der Waals surface area contributed by atoms with Crippen molar-refractivity contribution in [2.24, 2.45) is 5.73 Å². The molecule has 0 fully saturated rings. The molecule has 0 atom stereocenters. The molecular formula is C13H21NO. The highest BCUT2D eigenvalue weighted by atomic mass is 16.5. The van der Waals surface area contributed by atoms with Crippen molar-refractivity contribution in [3.63, 3.8) is 0 Å². The summed E-state index contributed by atoms with van der Waals surface area (Å²) in [6.45, 7) is 7.81. The van der Waals surface area contributed by atoms with Gasteiger partial charge in [-0.25, -0.2) is 0 Å². The van der Waals surface area contributed by atoms with Crippen LogP contribution in [0.15, 0.2) is 12.1 Å². The number of hydrogen-bond donors (Lipinski definition) is 1. The van der Waals surface area contributed by atoms with Gasteiger partial charge in [-0.3, -0.25) is 0 Å². The molecule has 1 rings (SSSR count). The molecule has 0 heterocycles. The summed E-state index contributed by atoms with van der Waals surface area (Å²) in [6, 6.07) is 4.32. The minimum atomic E-state index is 0.745. The van der Waals surface area contributed by atoms with Gasteiger partial charge in [0, 0.05) is 0 Å². The van der Waals surface area contributed by atoms with Gasteiger partial charge in [-0.2, -0.15) is 0 Å².